The third kappa shape index (κ3) is 3.95. The summed E-state index contributed by atoms with van der Waals surface area (Å²) >= 11 is 0. The molecule has 0 spiro atoms. The highest BCUT2D eigenvalue weighted by atomic mass is 16.5. The normalized spacial score (nSPS) is 10.3. The van der Waals surface area contributed by atoms with Crippen LogP contribution in [0.5, 0.6) is 5.75 Å². The minimum atomic E-state index is -1.08. The molecule has 0 aliphatic rings. The fourth-order valence-corrected chi connectivity index (χ4v) is 2.05. The summed E-state index contributed by atoms with van der Waals surface area (Å²) in [5.74, 6) is 1.06. The topological polar surface area (TPSA) is 82.9 Å². The predicted molar refractivity (Wildman–Crippen MR) is 82.2 cm³/mol. The lowest BCUT2D eigenvalue weighted by Gasteiger charge is -2.19. The van der Waals surface area contributed by atoms with E-state index < -0.39 is 6.09 Å². The molecule has 116 valence electrons. The van der Waals surface area contributed by atoms with Gasteiger partial charge in [-0.05, 0) is 41.8 Å². The maximum atomic E-state index is 11.5. The zero-order valence-electron chi connectivity index (χ0n) is 12.3. The number of carboxylic acid groups (broad SMARTS) is 1. The molecule has 0 saturated carbocycles. The highest BCUT2D eigenvalue weighted by Crippen LogP contribution is 2.18. The SMILES string of the molecule is COc1ccc(CN(C(=O)O)c2cc(CCO)ccn2)cc1. The molecular weight excluding hydrogens is 284 g/mol. The molecule has 2 rings (SSSR count). The Kier molecular flexibility index (Phi) is 5.32. The van der Waals surface area contributed by atoms with E-state index in [-0.39, 0.29) is 13.2 Å². The van der Waals surface area contributed by atoms with Gasteiger partial charge < -0.3 is 14.9 Å². The van der Waals surface area contributed by atoms with Gasteiger partial charge in [0.25, 0.3) is 0 Å². The first-order chi connectivity index (χ1) is 10.6. The van der Waals surface area contributed by atoms with Crippen LogP contribution in [0.25, 0.3) is 0 Å². The van der Waals surface area contributed by atoms with Crippen LogP contribution in [0, 0.1) is 0 Å². The number of ether oxygens (including phenoxy) is 1. The van der Waals surface area contributed by atoms with Crippen molar-refractivity contribution >= 4 is 11.9 Å². The Hall–Kier alpha value is -2.60. The molecule has 1 heterocycles. The smallest absolute Gasteiger partial charge is 0.413 e. The fraction of sp³-hybridized carbons (Fsp3) is 0.250. The highest BCUT2D eigenvalue weighted by molar-refractivity contribution is 5.84. The van der Waals surface area contributed by atoms with Crippen molar-refractivity contribution in [3.63, 3.8) is 0 Å². The van der Waals surface area contributed by atoms with Crippen LogP contribution in [0.1, 0.15) is 11.1 Å². The second-order valence-corrected chi connectivity index (χ2v) is 4.71. The van der Waals surface area contributed by atoms with Crippen molar-refractivity contribution in [3.05, 3.63) is 53.7 Å². The molecular formula is C16H18N2O4. The van der Waals surface area contributed by atoms with Crippen molar-refractivity contribution in [3.8, 4) is 5.75 Å². The van der Waals surface area contributed by atoms with Gasteiger partial charge in [-0.2, -0.15) is 0 Å². The van der Waals surface area contributed by atoms with Crippen molar-refractivity contribution in [2.45, 2.75) is 13.0 Å². The summed E-state index contributed by atoms with van der Waals surface area (Å²) in [6.07, 6.45) is 0.931. The molecule has 6 nitrogen and oxygen atoms in total. The Bertz CT molecular complexity index is 628. The van der Waals surface area contributed by atoms with Crippen molar-refractivity contribution in [1.82, 2.24) is 4.98 Å². The molecule has 0 bridgehead atoms. The summed E-state index contributed by atoms with van der Waals surface area (Å²) in [7, 11) is 1.58. The average Bonchev–Trinajstić information content (AvgIpc) is 2.53. The fourth-order valence-electron chi connectivity index (χ4n) is 2.05. The van der Waals surface area contributed by atoms with Crippen LogP contribution in [-0.4, -0.2) is 35.0 Å². The van der Waals surface area contributed by atoms with E-state index in [4.69, 9.17) is 9.84 Å². The third-order valence-corrected chi connectivity index (χ3v) is 3.22. The molecule has 22 heavy (non-hydrogen) atoms. The summed E-state index contributed by atoms with van der Waals surface area (Å²) < 4.78 is 5.08. The number of aromatic nitrogens is 1. The van der Waals surface area contributed by atoms with Gasteiger partial charge in [-0.25, -0.2) is 9.78 Å². The van der Waals surface area contributed by atoms with Gasteiger partial charge in [-0.1, -0.05) is 12.1 Å². The lowest BCUT2D eigenvalue weighted by Crippen LogP contribution is -2.29. The number of methoxy groups -OCH3 is 1. The van der Waals surface area contributed by atoms with Crippen LogP contribution in [0.3, 0.4) is 0 Å². The van der Waals surface area contributed by atoms with E-state index in [1.54, 1.807) is 37.6 Å². The number of benzene rings is 1. The summed E-state index contributed by atoms with van der Waals surface area (Å²) in [5.41, 5.74) is 1.67. The van der Waals surface area contributed by atoms with Gasteiger partial charge in [0.15, 0.2) is 0 Å². The van der Waals surface area contributed by atoms with Crippen LogP contribution < -0.4 is 9.64 Å². The number of anilines is 1. The first kappa shape index (κ1) is 15.8. The number of aliphatic hydroxyl groups is 1. The van der Waals surface area contributed by atoms with Crippen molar-refractivity contribution in [2.24, 2.45) is 0 Å². The predicted octanol–water partition coefficient (Wildman–Crippen LogP) is 2.31. The maximum absolute atomic E-state index is 11.5. The van der Waals surface area contributed by atoms with Crippen LogP contribution >= 0.6 is 0 Å². The molecule has 0 aliphatic carbocycles. The number of carbonyl (C=O) groups is 1. The van der Waals surface area contributed by atoms with Gasteiger partial charge in [0.1, 0.15) is 11.6 Å². The summed E-state index contributed by atoms with van der Waals surface area (Å²) in [6.45, 7) is 0.198. The molecule has 2 aromatic rings. The van der Waals surface area contributed by atoms with Crippen LogP contribution in [0.4, 0.5) is 10.6 Å². The lowest BCUT2D eigenvalue weighted by molar-refractivity contribution is 0.201. The highest BCUT2D eigenvalue weighted by Gasteiger charge is 2.16. The number of aliphatic hydroxyl groups excluding tert-OH is 1. The number of rotatable bonds is 6. The average molecular weight is 302 g/mol. The molecule has 0 unspecified atom stereocenters. The van der Waals surface area contributed by atoms with Crippen LogP contribution in [-0.2, 0) is 13.0 Å². The van der Waals surface area contributed by atoms with Crippen LogP contribution in [0.15, 0.2) is 42.6 Å². The zero-order chi connectivity index (χ0) is 15.9. The zero-order valence-corrected chi connectivity index (χ0v) is 12.3. The van der Waals surface area contributed by atoms with Crippen molar-refractivity contribution in [1.29, 1.82) is 0 Å². The van der Waals surface area contributed by atoms with E-state index in [0.717, 1.165) is 11.1 Å². The number of amides is 1. The maximum Gasteiger partial charge on any atom is 0.413 e. The summed E-state index contributed by atoms with van der Waals surface area (Å²) in [5, 5.41) is 18.4. The van der Waals surface area contributed by atoms with E-state index >= 15 is 0 Å². The van der Waals surface area contributed by atoms with E-state index in [1.165, 1.54) is 4.90 Å². The molecule has 0 fully saturated rings. The molecule has 0 aliphatic heterocycles. The Morgan fingerprint density at radius 3 is 2.55 bits per heavy atom. The standard InChI is InChI=1S/C16H18N2O4/c1-22-14-4-2-13(3-5-14)11-18(16(20)21)15-10-12(7-9-19)6-8-17-15/h2-6,8,10,19H,7,9,11H2,1H3,(H,20,21). The van der Waals surface area contributed by atoms with Gasteiger partial charge in [0.05, 0.1) is 13.7 Å². The Morgan fingerprint density at radius 1 is 1.23 bits per heavy atom. The van der Waals surface area contributed by atoms with Crippen molar-refractivity contribution < 1.29 is 19.7 Å². The molecule has 1 aromatic heterocycles. The van der Waals surface area contributed by atoms with Gasteiger partial charge in [-0.15, -0.1) is 0 Å². The first-order valence-corrected chi connectivity index (χ1v) is 6.83. The summed E-state index contributed by atoms with van der Waals surface area (Å²) in [4.78, 5) is 16.8. The molecule has 1 aromatic carbocycles. The van der Waals surface area contributed by atoms with E-state index in [9.17, 15) is 9.90 Å². The number of hydrogen-bond acceptors (Lipinski definition) is 4. The second kappa shape index (κ2) is 7.42. The van der Waals surface area contributed by atoms with E-state index in [1.807, 2.05) is 12.1 Å². The van der Waals surface area contributed by atoms with Crippen LogP contribution in [0.2, 0.25) is 0 Å². The number of pyridine rings is 1. The van der Waals surface area contributed by atoms with Gasteiger partial charge >= 0.3 is 6.09 Å². The minimum Gasteiger partial charge on any atom is -0.497 e. The Balaban J connectivity index is 2.22. The molecule has 6 heteroatoms. The molecule has 1 amide bonds. The largest absolute Gasteiger partial charge is 0.497 e. The molecule has 0 radical (unpaired) electrons. The number of hydrogen-bond donors (Lipinski definition) is 2. The van der Waals surface area contributed by atoms with Gasteiger partial charge in [0.2, 0.25) is 0 Å². The lowest BCUT2D eigenvalue weighted by atomic mass is 10.2. The Morgan fingerprint density at radius 2 is 1.95 bits per heavy atom. The Labute approximate surface area is 128 Å². The molecule has 0 atom stereocenters. The second-order valence-electron chi connectivity index (χ2n) is 4.71. The van der Waals surface area contributed by atoms with Gasteiger partial charge in [0, 0.05) is 12.8 Å². The minimum absolute atomic E-state index is 0.00893. The van der Waals surface area contributed by atoms with Gasteiger partial charge in [-0.3, -0.25) is 4.90 Å². The number of nitrogens with zero attached hydrogens (tertiary/aromatic N) is 2. The monoisotopic (exact) mass is 302 g/mol. The molecule has 0 saturated heterocycles. The van der Waals surface area contributed by atoms with E-state index in [0.29, 0.717) is 18.0 Å². The first-order valence-electron chi connectivity index (χ1n) is 6.83. The van der Waals surface area contributed by atoms with Crippen molar-refractivity contribution in [2.75, 3.05) is 18.6 Å². The quantitative estimate of drug-likeness (QED) is 0.855. The summed E-state index contributed by atoms with van der Waals surface area (Å²) in [6, 6.07) is 10.6. The molecule has 2 N–H and O–H groups in total. The van der Waals surface area contributed by atoms with E-state index in [2.05, 4.69) is 4.98 Å². The third-order valence-electron chi connectivity index (χ3n) is 3.22.